The van der Waals surface area contributed by atoms with Crippen LogP contribution in [0.2, 0.25) is 0 Å². The van der Waals surface area contributed by atoms with E-state index in [0.29, 0.717) is 13.1 Å². The number of piperidine rings is 1. The fourth-order valence-electron chi connectivity index (χ4n) is 3.67. The summed E-state index contributed by atoms with van der Waals surface area (Å²) in [6.45, 7) is 5.24. The molecule has 3 heterocycles. The molecule has 1 saturated heterocycles. The van der Waals surface area contributed by atoms with Gasteiger partial charge in [0.05, 0.1) is 6.20 Å². The molecule has 0 bridgehead atoms. The maximum atomic E-state index is 13.0. The summed E-state index contributed by atoms with van der Waals surface area (Å²) in [5.74, 6) is 2.70. The van der Waals surface area contributed by atoms with Crippen LogP contribution < -0.4 is 14.4 Å². The Balaban J connectivity index is 1.36. The molecule has 4 rings (SSSR count). The molecular formula is C20H24N4O3. The third kappa shape index (κ3) is 3.82. The van der Waals surface area contributed by atoms with Gasteiger partial charge in [-0.25, -0.2) is 4.98 Å². The number of amides is 1. The molecule has 2 aromatic rings. The second-order valence-corrected chi connectivity index (χ2v) is 6.86. The molecule has 0 aliphatic carbocycles. The molecule has 0 saturated carbocycles. The van der Waals surface area contributed by atoms with E-state index in [1.807, 2.05) is 30.0 Å². The van der Waals surface area contributed by atoms with Crippen molar-refractivity contribution in [3.63, 3.8) is 0 Å². The first-order chi connectivity index (χ1) is 13.2. The Morgan fingerprint density at radius 2 is 2.04 bits per heavy atom. The van der Waals surface area contributed by atoms with E-state index < -0.39 is 0 Å². The first-order valence-electron chi connectivity index (χ1n) is 9.43. The molecule has 0 unspecified atom stereocenters. The molecule has 2 aliphatic rings. The Morgan fingerprint density at radius 3 is 2.78 bits per heavy atom. The van der Waals surface area contributed by atoms with Crippen molar-refractivity contribution in [3.8, 4) is 11.5 Å². The van der Waals surface area contributed by atoms with Crippen LogP contribution in [0.1, 0.15) is 25.3 Å². The van der Waals surface area contributed by atoms with E-state index in [1.165, 1.54) is 0 Å². The van der Waals surface area contributed by atoms with Crippen LogP contribution in [-0.2, 0) is 11.3 Å². The molecule has 1 fully saturated rings. The van der Waals surface area contributed by atoms with Gasteiger partial charge in [-0.1, -0.05) is 6.07 Å². The third-order valence-corrected chi connectivity index (χ3v) is 5.22. The summed E-state index contributed by atoms with van der Waals surface area (Å²) < 4.78 is 10.8. The molecule has 27 heavy (non-hydrogen) atoms. The summed E-state index contributed by atoms with van der Waals surface area (Å²) in [5.41, 5.74) is 1.06. The lowest BCUT2D eigenvalue weighted by molar-refractivity contribution is -0.136. The molecule has 142 valence electrons. The SMILES string of the molecule is CCN(Cc1ccc2c(c1)OCO2)C(=O)C1CCN(c2cnccn2)CC1. The average Bonchev–Trinajstić information content (AvgIpc) is 3.20. The van der Waals surface area contributed by atoms with Gasteiger partial charge in [-0.3, -0.25) is 9.78 Å². The van der Waals surface area contributed by atoms with E-state index in [2.05, 4.69) is 14.9 Å². The van der Waals surface area contributed by atoms with Crippen molar-refractivity contribution >= 4 is 11.7 Å². The summed E-state index contributed by atoms with van der Waals surface area (Å²) in [5, 5.41) is 0. The average molecular weight is 368 g/mol. The molecule has 1 amide bonds. The summed E-state index contributed by atoms with van der Waals surface area (Å²) in [6, 6.07) is 5.88. The first-order valence-corrected chi connectivity index (χ1v) is 9.43. The third-order valence-electron chi connectivity index (χ3n) is 5.22. The van der Waals surface area contributed by atoms with Gasteiger partial charge in [0, 0.05) is 44.5 Å². The zero-order valence-corrected chi connectivity index (χ0v) is 15.5. The van der Waals surface area contributed by atoms with Gasteiger partial charge < -0.3 is 19.3 Å². The molecule has 1 aromatic heterocycles. The minimum absolute atomic E-state index is 0.0619. The number of rotatable bonds is 5. The van der Waals surface area contributed by atoms with Crippen LogP contribution in [0.5, 0.6) is 11.5 Å². The summed E-state index contributed by atoms with van der Waals surface area (Å²) in [4.78, 5) is 25.6. The van der Waals surface area contributed by atoms with Crippen LogP contribution in [0.25, 0.3) is 0 Å². The monoisotopic (exact) mass is 368 g/mol. The minimum Gasteiger partial charge on any atom is -0.454 e. The molecule has 0 N–H and O–H groups in total. The van der Waals surface area contributed by atoms with Crippen molar-refractivity contribution in [1.29, 1.82) is 0 Å². The van der Waals surface area contributed by atoms with Crippen LogP contribution in [0.15, 0.2) is 36.8 Å². The molecule has 0 atom stereocenters. The summed E-state index contributed by atoms with van der Waals surface area (Å²) >= 11 is 0. The van der Waals surface area contributed by atoms with E-state index in [-0.39, 0.29) is 18.6 Å². The number of fused-ring (bicyclic) bond motifs is 1. The van der Waals surface area contributed by atoms with Crippen LogP contribution in [-0.4, -0.2) is 47.2 Å². The van der Waals surface area contributed by atoms with Gasteiger partial charge in [0.2, 0.25) is 12.7 Å². The maximum Gasteiger partial charge on any atom is 0.231 e. The van der Waals surface area contributed by atoms with Crippen LogP contribution >= 0.6 is 0 Å². The van der Waals surface area contributed by atoms with Gasteiger partial charge >= 0.3 is 0 Å². The lowest BCUT2D eigenvalue weighted by atomic mass is 9.95. The lowest BCUT2D eigenvalue weighted by Crippen LogP contribution is -2.42. The molecule has 0 spiro atoms. The zero-order chi connectivity index (χ0) is 18.6. The number of carbonyl (C=O) groups excluding carboxylic acids is 1. The normalized spacial score (nSPS) is 16.4. The highest BCUT2D eigenvalue weighted by Crippen LogP contribution is 2.33. The second kappa shape index (κ2) is 7.82. The number of aromatic nitrogens is 2. The van der Waals surface area contributed by atoms with Gasteiger partial charge in [0.1, 0.15) is 5.82 Å². The summed E-state index contributed by atoms with van der Waals surface area (Å²) in [7, 11) is 0. The van der Waals surface area contributed by atoms with Crippen molar-refractivity contribution in [2.45, 2.75) is 26.3 Å². The molecular weight excluding hydrogens is 344 g/mol. The maximum absolute atomic E-state index is 13.0. The largest absolute Gasteiger partial charge is 0.454 e. The van der Waals surface area contributed by atoms with Gasteiger partial charge in [0.15, 0.2) is 11.5 Å². The molecule has 2 aliphatic heterocycles. The quantitative estimate of drug-likeness (QED) is 0.808. The van der Waals surface area contributed by atoms with E-state index in [4.69, 9.17) is 9.47 Å². The first kappa shape index (κ1) is 17.6. The molecule has 0 radical (unpaired) electrons. The topological polar surface area (TPSA) is 67.8 Å². The van der Waals surface area contributed by atoms with Crippen molar-refractivity contribution in [2.24, 2.45) is 5.92 Å². The van der Waals surface area contributed by atoms with Crippen molar-refractivity contribution < 1.29 is 14.3 Å². The van der Waals surface area contributed by atoms with Gasteiger partial charge in [-0.05, 0) is 37.5 Å². The number of hydrogen-bond acceptors (Lipinski definition) is 6. The fourth-order valence-corrected chi connectivity index (χ4v) is 3.67. The van der Waals surface area contributed by atoms with E-state index >= 15 is 0 Å². The van der Waals surface area contributed by atoms with E-state index in [1.54, 1.807) is 18.6 Å². The number of benzene rings is 1. The Kier molecular flexibility index (Phi) is 5.09. The molecule has 1 aromatic carbocycles. The highest BCUT2D eigenvalue weighted by Gasteiger charge is 2.29. The zero-order valence-electron chi connectivity index (χ0n) is 15.5. The Morgan fingerprint density at radius 1 is 1.22 bits per heavy atom. The molecule has 7 nitrogen and oxygen atoms in total. The Labute approximate surface area is 158 Å². The van der Waals surface area contributed by atoms with Crippen molar-refractivity contribution in [1.82, 2.24) is 14.9 Å². The Bertz CT molecular complexity index is 791. The smallest absolute Gasteiger partial charge is 0.231 e. The van der Waals surface area contributed by atoms with Crippen molar-refractivity contribution in [2.75, 3.05) is 31.3 Å². The number of nitrogens with zero attached hydrogens (tertiary/aromatic N) is 4. The summed E-state index contributed by atoms with van der Waals surface area (Å²) in [6.07, 6.45) is 6.84. The highest BCUT2D eigenvalue weighted by molar-refractivity contribution is 5.79. The van der Waals surface area contributed by atoms with Crippen LogP contribution in [0.3, 0.4) is 0 Å². The number of carbonyl (C=O) groups is 1. The van der Waals surface area contributed by atoms with Crippen molar-refractivity contribution in [3.05, 3.63) is 42.4 Å². The lowest BCUT2D eigenvalue weighted by Gasteiger charge is -2.34. The predicted octanol–water partition coefficient (Wildman–Crippen LogP) is 2.47. The highest BCUT2D eigenvalue weighted by atomic mass is 16.7. The van der Waals surface area contributed by atoms with E-state index in [9.17, 15) is 4.79 Å². The molecule has 7 heteroatoms. The van der Waals surface area contributed by atoms with E-state index in [0.717, 1.165) is 48.8 Å². The van der Waals surface area contributed by atoms with Crippen LogP contribution in [0, 0.1) is 5.92 Å². The second-order valence-electron chi connectivity index (χ2n) is 6.86. The number of hydrogen-bond donors (Lipinski definition) is 0. The predicted molar refractivity (Wildman–Crippen MR) is 101 cm³/mol. The Hall–Kier alpha value is -2.83. The van der Waals surface area contributed by atoms with Gasteiger partial charge in [-0.2, -0.15) is 0 Å². The van der Waals surface area contributed by atoms with Crippen LogP contribution in [0.4, 0.5) is 5.82 Å². The number of anilines is 1. The standard InChI is InChI=1S/C20H24N4O3/c1-2-23(13-15-3-4-17-18(11-15)27-14-26-17)20(25)16-5-9-24(10-6-16)19-12-21-7-8-22-19/h3-4,7-8,11-12,16H,2,5-6,9-10,13-14H2,1H3. The fraction of sp³-hybridized carbons (Fsp3) is 0.450. The van der Waals surface area contributed by atoms with Gasteiger partial charge in [-0.15, -0.1) is 0 Å². The minimum atomic E-state index is 0.0619. The number of ether oxygens (including phenoxy) is 2. The van der Waals surface area contributed by atoms with Gasteiger partial charge in [0.25, 0.3) is 0 Å².